The molecule has 0 saturated carbocycles. The molecular weight excluding hydrogens is 404 g/mol. The average molecular weight is 425 g/mol. The molecule has 0 bridgehead atoms. The van der Waals surface area contributed by atoms with Crippen LogP contribution in [0.4, 0.5) is 0 Å². The quantitative estimate of drug-likeness (QED) is 0.309. The Labute approximate surface area is 191 Å². The van der Waals surface area contributed by atoms with Crippen LogP contribution in [0.1, 0.15) is 0 Å². The molecule has 0 saturated heterocycles. The van der Waals surface area contributed by atoms with E-state index in [0.29, 0.717) is 5.39 Å². The van der Waals surface area contributed by atoms with Gasteiger partial charge >= 0.3 is 0 Å². The number of benzene rings is 4. The summed E-state index contributed by atoms with van der Waals surface area (Å²) in [7, 11) is 0. The Balaban J connectivity index is 1.73. The Hall–Kier alpha value is -4.50. The number of aromatic amines is 1. The summed E-state index contributed by atoms with van der Waals surface area (Å²) >= 11 is 0. The topological polar surface area (TPSA) is 45.8 Å². The third-order valence-electron chi connectivity index (χ3n) is 6.02. The van der Waals surface area contributed by atoms with Gasteiger partial charge < -0.3 is 4.98 Å². The maximum Gasteiger partial charge on any atom is 0.190 e. The van der Waals surface area contributed by atoms with Gasteiger partial charge in [0.1, 0.15) is 0 Å². The lowest BCUT2D eigenvalue weighted by Gasteiger charge is -2.13. The van der Waals surface area contributed by atoms with E-state index in [-0.39, 0.29) is 5.43 Å². The minimum Gasteiger partial charge on any atom is -0.353 e. The Morgan fingerprint density at radius 1 is 0.576 bits per heavy atom. The van der Waals surface area contributed by atoms with Crippen LogP contribution in [0.3, 0.4) is 0 Å². The van der Waals surface area contributed by atoms with Crippen molar-refractivity contribution in [2.24, 2.45) is 0 Å². The van der Waals surface area contributed by atoms with Crippen molar-refractivity contribution in [1.82, 2.24) is 9.97 Å². The van der Waals surface area contributed by atoms with Gasteiger partial charge in [-0.05, 0) is 28.8 Å². The van der Waals surface area contributed by atoms with E-state index in [4.69, 9.17) is 4.98 Å². The number of pyridine rings is 2. The molecule has 0 fully saturated rings. The molecule has 0 aliphatic heterocycles. The molecule has 1 N–H and O–H groups in total. The van der Waals surface area contributed by atoms with E-state index in [2.05, 4.69) is 35.3 Å². The molecule has 0 spiro atoms. The Morgan fingerprint density at radius 3 is 1.82 bits per heavy atom. The zero-order valence-electron chi connectivity index (χ0n) is 17.8. The van der Waals surface area contributed by atoms with Crippen LogP contribution in [0, 0.1) is 0 Å². The molecule has 156 valence electrons. The van der Waals surface area contributed by atoms with E-state index in [0.717, 1.165) is 50.1 Å². The van der Waals surface area contributed by atoms with Crippen LogP contribution in [0.5, 0.6) is 0 Å². The van der Waals surface area contributed by atoms with Crippen molar-refractivity contribution in [3.63, 3.8) is 0 Å². The van der Waals surface area contributed by atoms with E-state index in [1.165, 1.54) is 0 Å². The molecule has 2 heterocycles. The number of nitrogens with one attached hydrogen (secondary N) is 1. The van der Waals surface area contributed by atoms with E-state index >= 15 is 0 Å². The van der Waals surface area contributed by atoms with Gasteiger partial charge in [0.2, 0.25) is 0 Å². The van der Waals surface area contributed by atoms with Gasteiger partial charge in [-0.2, -0.15) is 0 Å². The predicted molar refractivity (Wildman–Crippen MR) is 136 cm³/mol. The molecule has 3 nitrogen and oxygen atoms in total. The maximum absolute atomic E-state index is 13.1. The van der Waals surface area contributed by atoms with Crippen LogP contribution < -0.4 is 5.43 Å². The fraction of sp³-hybridized carbons (Fsp3) is 0. The molecule has 0 radical (unpaired) electrons. The van der Waals surface area contributed by atoms with Gasteiger partial charge in [0.15, 0.2) is 5.43 Å². The molecule has 0 aliphatic rings. The fourth-order valence-electron chi connectivity index (χ4n) is 4.39. The first-order valence-electron chi connectivity index (χ1n) is 10.9. The number of aromatic nitrogens is 2. The lowest BCUT2D eigenvalue weighted by atomic mass is 9.97. The minimum absolute atomic E-state index is 0.0160. The van der Waals surface area contributed by atoms with Crippen LogP contribution in [0.25, 0.3) is 55.4 Å². The van der Waals surface area contributed by atoms with E-state index in [9.17, 15) is 4.79 Å². The maximum atomic E-state index is 13.1. The van der Waals surface area contributed by atoms with Gasteiger partial charge in [0, 0.05) is 28.1 Å². The summed E-state index contributed by atoms with van der Waals surface area (Å²) in [6, 6.07) is 38.1. The van der Waals surface area contributed by atoms with Crippen molar-refractivity contribution < 1.29 is 0 Å². The summed E-state index contributed by atoms with van der Waals surface area (Å²) in [5.41, 5.74) is 7.41. The van der Waals surface area contributed by atoms with Crippen LogP contribution in [-0.2, 0) is 0 Å². The predicted octanol–water partition coefficient (Wildman–Crippen LogP) is 7.08. The Bertz CT molecular complexity index is 1650. The number of rotatable bonds is 3. The van der Waals surface area contributed by atoms with Crippen LogP contribution in [0.15, 0.2) is 120 Å². The highest BCUT2D eigenvalue weighted by Crippen LogP contribution is 2.34. The van der Waals surface area contributed by atoms with Crippen LogP contribution in [0.2, 0.25) is 0 Å². The van der Waals surface area contributed by atoms with Crippen LogP contribution >= 0.6 is 0 Å². The smallest absolute Gasteiger partial charge is 0.190 e. The lowest BCUT2D eigenvalue weighted by Crippen LogP contribution is -2.04. The standard InChI is InChI=1S/C30H20N2O/c33-28-19-27(22-14-8-3-9-15-22)32-30-24(28)17-16-23-25(20-10-4-1-5-11-20)18-26(31-29(23)30)21-12-6-2-7-13-21/h1-19H,(H,32,33). The molecule has 2 aromatic heterocycles. The number of nitrogens with zero attached hydrogens (tertiary/aromatic N) is 1. The van der Waals surface area contributed by atoms with Gasteiger partial charge in [-0.25, -0.2) is 4.98 Å². The summed E-state index contributed by atoms with van der Waals surface area (Å²) < 4.78 is 0. The molecule has 0 atom stereocenters. The summed E-state index contributed by atoms with van der Waals surface area (Å²) in [5, 5.41) is 1.65. The minimum atomic E-state index is -0.0160. The molecular formula is C30H20N2O. The highest BCUT2D eigenvalue weighted by atomic mass is 16.1. The molecule has 6 aromatic rings. The second kappa shape index (κ2) is 7.88. The Kier molecular flexibility index (Phi) is 4.59. The Morgan fingerprint density at radius 2 is 1.15 bits per heavy atom. The number of hydrogen-bond donors (Lipinski definition) is 1. The monoisotopic (exact) mass is 424 g/mol. The van der Waals surface area contributed by atoms with Gasteiger partial charge in [-0.15, -0.1) is 0 Å². The highest BCUT2D eigenvalue weighted by molar-refractivity contribution is 6.09. The van der Waals surface area contributed by atoms with Gasteiger partial charge in [-0.3, -0.25) is 4.79 Å². The first-order chi connectivity index (χ1) is 16.3. The molecule has 3 heteroatoms. The van der Waals surface area contributed by atoms with Crippen molar-refractivity contribution in [2.45, 2.75) is 0 Å². The molecule has 0 unspecified atom stereocenters. The SMILES string of the molecule is O=c1cc(-c2ccccc2)[nH]c2c1ccc1c(-c3ccccc3)cc(-c3ccccc3)nc12. The van der Waals surface area contributed by atoms with E-state index in [1.54, 1.807) is 6.07 Å². The summed E-state index contributed by atoms with van der Waals surface area (Å²) in [6.07, 6.45) is 0. The fourth-order valence-corrected chi connectivity index (χ4v) is 4.39. The van der Waals surface area contributed by atoms with Gasteiger partial charge in [0.25, 0.3) is 0 Å². The lowest BCUT2D eigenvalue weighted by molar-refractivity contribution is 1.35. The zero-order chi connectivity index (χ0) is 22.2. The third-order valence-corrected chi connectivity index (χ3v) is 6.02. The van der Waals surface area contributed by atoms with E-state index < -0.39 is 0 Å². The van der Waals surface area contributed by atoms with Gasteiger partial charge in [0.05, 0.1) is 16.7 Å². The molecule has 6 rings (SSSR count). The van der Waals surface area contributed by atoms with E-state index in [1.807, 2.05) is 78.9 Å². The number of fused-ring (bicyclic) bond motifs is 3. The first kappa shape index (κ1) is 19.2. The first-order valence-corrected chi connectivity index (χ1v) is 10.9. The van der Waals surface area contributed by atoms with Crippen molar-refractivity contribution in [1.29, 1.82) is 0 Å². The third kappa shape index (κ3) is 3.40. The summed E-state index contributed by atoms with van der Waals surface area (Å²) in [6.45, 7) is 0. The molecule has 0 aliphatic carbocycles. The van der Waals surface area contributed by atoms with Gasteiger partial charge in [-0.1, -0.05) is 97.1 Å². The second-order valence-electron chi connectivity index (χ2n) is 8.08. The zero-order valence-corrected chi connectivity index (χ0v) is 17.8. The average Bonchev–Trinajstić information content (AvgIpc) is 2.89. The highest BCUT2D eigenvalue weighted by Gasteiger charge is 2.14. The number of H-pyrrole nitrogens is 1. The number of hydrogen-bond acceptors (Lipinski definition) is 2. The second-order valence-corrected chi connectivity index (χ2v) is 8.08. The summed E-state index contributed by atoms with van der Waals surface area (Å²) in [4.78, 5) is 21.7. The van der Waals surface area contributed by atoms with Crippen LogP contribution in [-0.4, -0.2) is 9.97 Å². The largest absolute Gasteiger partial charge is 0.353 e. The summed E-state index contributed by atoms with van der Waals surface area (Å²) in [5.74, 6) is 0. The normalized spacial score (nSPS) is 11.2. The van der Waals surface area contributed by atoms with Crippen molar-refractivity contribution in [2.75, 3.05) is 0 Å². The van der Waals surface area contributed by atoms with Crippen molar-refractivity contribution >= 4 is 21.8 Å². The molecule has 4 aromatic carbocycles. The molecule has 0 amide bonds. The van der Waals surface area contributed by atoms with Crippen molar-refractivity contribution in [3.8, 4) is 33.6 Å². The van der Waals surface area contributed by atoms with Crippen molar-refractivity contribution in [3.05, 3.63) is 125 Å². The molecule has 33 heavy (non-hydrogen) atoms.